The molecule has 0 aliphatic heterocycles. The Labute approximate surface area is 121 Å². The Balaban J connectivity index is 2.20. The zero-order chi connectivity index (χ0) is 15.4. The fourth-order valence-electron chi connectivity index (χ4n) is 1.88. The van der Waals surface area contributed by atoms with Crippen molar-refractivity contribution in [1.29, 1.82) is 0 Å². The quantitative estimate of drug-likeness (QED) is 0.646. The topological polar surface area (TPSA) is 104 Å². The molecule has 0 aromatic heterocycles. The van der Waals surface area contributed by atoms with Crippen molar-refractivity contribution in [1.82, 2.24) is 0 Å². The summed E-state index contributed by atoms with van der Waals surface area (Å²) in [6, 6.07) is 11.8. The molecule has 21 heavy (non-hydrogen) atoms. The molecule has 2 aromatic carbocycles. The molecule has 0 fully saturated rings. The Morgan fingerprint density at radius 3 is 2.33 bits per heavy atom. The van der Waals surface area contributed by atoms with E-state index in [-0.39, 0.29) is 17.2 Å². The van der Waals surface area contributed by atoms with E-state index in [1.807, 2.05) is 6.07 Å². The number of rotatable bonds is 4. The van der Waals surface area contributed by atoms with E-state index in [0.717, 1.165) is 5.69 Å². The Kier molecular flexibility index (Phi) is 4.08. The smallest absolute Gasteiger partial charge is 0.337 e. The van der Waals surface area contributed by atoms with Crippen LogP contribution in [0.3, 0.4) is 0 Å². The van der Waals surface area contributed by atoms with Crippen molar-refractivity contribution < 1.29 is 14.7 Å². The molecule has 0 saturated carbocycles. The monoisotopic (exact) mass is 285 g/mol. The van der Waals surface area contributed by atoms with Crippen LogP contribution < -0.4 is 16.4 Å². The maximum absolute atomic E-state index is 11.0. The van der Waals surface area contributed by atoms with Crippen molar-refractivity contribution in [3.63, 3.8) is 0 Å². The molecule has 0 bridgehead atoms. The van der Waals surface area contributed by atoms with Crippen LogP contribution in [0.5, 0.6) is 0 Å². The van der Waals surface area contributed by atoms with Crippen molar-refractivity contribution in [3.8, 4) is 0 Å². The third kappa shape index (κ3) is 3.73. The highest BCUT2D eigenvalue weighted by molar-refractivity contribution is 5.94. The lowest BCUT2D eigenvalue weighted by atomic mass is 10.1. The van der Waals surface area contributed by atoms with Crippen LogP contribution in [0.4, 0.5) is 22.7 Å². The number of amides is 1. The number of carboxylic acids is 1. The summed E-state index contributed by atoms with van der Waals surface area (Å²) in [5.74, 6) is -1.21. The largest absolute Gasteiger partial charge is 0.478 e. The molecule has 2 rings (SSSR count). The molecule has 0 aliphatic rings. The Hall–Kier alpha value is -3.02. The van der Waals surface area contributed by atoms with Crippen LogP contribution in [0.1, 0.15) is 17.3 Å². The lowest BCUT2D eigenvalue weighted by Crippen LogP contribution is -2.06. The highest BCUT2D eigenvalue weighted by Crippen LogP contribution is 2.23. The standard InChI is InChI=1S/C15H15N3O3/c1-9(19)17-10-3-2-4-11(7-10)18-12-5-6-13(15(20)21)14(16)8-12/h2-8,18H,16H2,1H3,(H,17,19)(H,20,21). The minimum Gasteiger partial charge on any atom is -0.478 e. The van der Waals surface area contributed by atoms with E-state index in [4.69, 9.17) is 10.8 Å². The molecule has 0 heterocycles. The van der Waals surface area contributed by atoms with Gasteiger partial charge in [-0.3, -0.25) is 4.79 Å². The predicted octanol–water partition coefficient (Wildman–Crippen LogP) is 2.67. The van der Waals surface area contributed by atoms with Crippen LogP contribution in [0.25, 0.3) is 0 Å². The number of nitrogens with two attached hydrogens (primary N) is 1. The number of nitrogens with one attached hydrogen (secondary N) is 2. The third-order valence-corrected chi connectivity index (χ3v) is 2.75. The zero-order valence-electron chi connectivity index (χ0n) is 11.4. The van der Waals surface area contributed by atoms with Gasteiger partial charge in [0, 0.05) is 29.7 Å². The molecule has 6 heteroatoms. The van der Waals surface area contributed by atoms with E-state index in [0.29, 0.717) is 11.4 Å². The van der Waals surface area contributed by atoms with Gasteiger partial charge in [-0.2, -0.15) is 0 Å². The maximum Gasteiger partial charge on any atom is 0.337 e. The van der Waals surface area contributed by atoms with Crippen LogP contribution in [0.15, 0.2) is 42.5 Å². The van der Waals surface area contributed by atoms with E-state index in [1.54, 1.807) is 30.3 Å². The second-order valence-electron chi connectivity index (χ2n) is 4.49. The van der Waals surface area contributed by atoms with E-state index >= 15 is 0 Å². The first-order chi connectivity index (χ1) is 9.95. The first-order valence-corrected chi connectivity index (χ1v) is 6.23. The summed E-state index contributed by atoms with van der Waals surface area (Å²) in [7, 11) is 0. The van der Waals surface area contributed by atoms with Gasteiger partial charge >= 0.3 is 5.97 Å². The SMILES string of the molecule is CC(=O)Nc1cccc(Nc2ccc(C(=O)O)c(N)c2)c1. The van der Waals surface area contributed by atoms with Crippen molar-refractivity contribution in [2.24, 2.45) is 0 Å². The van der Waals surface area contributed by atoms with Gasteiger partial charge in [-0.25, -0.2) is 4.79 Å². The van der Waals surface area contributed by atoms with Crippen molar-refractivity contribution in [3.05, 3.63) is 48.0 Å². The van der Waals surface area contributed by atoms with Gasteiger partial charge in [-0.15, -0.1) is 0 Å². The van der Waals surface area contributed by atoms with Crippen LogP contribution in [-0.2, 0) is 4.79 Å². The number of anilines is 4. The lowest BCUT2D eigenvalue weighted by molar-refractivity contribution is -0.114. The number of carboxylic acid groups (broad SMARTS) is 1. The van der Waals surface area contributed by atoms with Crippen molar-refractivity contribution in [2.75, 3.05) is 16.4 Å². The minimum absolute atomic E-state index is 0.0625. The molecule has 1 amide bonds. The summed E-state index contributed by atoms with van der Waals surface area (Å²) in [5.41, 5.74) is 8.03. The van der Waals surface area contributed by atoms with Crippen LogP contribution in [0, 0.1) is 0 Å². The predicted molar refractivity (Wildman–Crippen MR) is 81.8 cm³/mol. The molecule has 0 saturated heterocycles. The summed E-state index contributed by atoms with van der Waals surface area (Å²) < 4.78 is 0. The van der Waals surface area contributed by atoms with Gasteiger partial charge < -0.3 is 21.5 Å². The zero-order valence-corrected chi connectivity index (χ0v) is 11.4. The summed E-state index contributed by atoms with van der Waals surface area (Å²) in [5, 5.41) is 14.7. The Morgan fingerprint density at radius 1 is 1.05 bits per heavy atom. The molecule has 0 radical (unpaired) electrons. The van der Waals surface area contributed by atoms with Gasteiger partial charge in [-0.05, 0) is 36.4 Å². The molecule has 0 aliphatic carbocycles. The number of carbonyl (C=O) groups is 2. The van der Waals surface area contributed by atoms with E-state index < -0.39 is 5.97 Å². The first kappa shape index (κ1) is 14.4. The number of nitrogen functional groups attached to an aromatic ring is 1. The molecule has 0 unspecified atom stereocenters. The molecular weight excluding hydrogens is 270 g/mol. The second-order valence-corrected chi connectivity index (χ2v) is 4.49. The molecule has 0 atom stereocenters. The number of benzene rings is 2. The third-order valence-electron chi connectivity index (χ3n) is 2.75. The summed E-state index contributed by atoms with van der Waals surface area (Å²) in [6.45, 7) is 1.44. The molecule has 6 nitrogen and oxygen atoms in total. The van der Waals surface area contributed by atoms with Crippen LogP contribution >= 0.6 is 0 Å². The number of hydrogen-bond acceptors (Lipinski definition) is 4. The minimum atomic E-state index is -1.06. The number of hydrogen-bond donors (Lipinski definition) is 4. The van der Waals surface area contributed by atoms with Gasteiger partial charge in [0.05, 0.1) is 5.56 Å². The van der Waals surface area contributed by atoms with Gasteiger partial charge in [0.15, 0.2) is 0 Å². The number of carbonyl (C=O) groups excluding carboxylic acids is 1. The van der Waals surface area contributed by atoms with Gasteiger partial charge in [0.25, 0.3) is 0 Å². The van der Waals surface area contributed by atoms with E-state index in [2.05, 4.69) is 10.6 Å². The normalized spacial score (nSPS) is 9.95. The summed E-state index contributed by atoms with van der Waals surface area (Å²) in [6.07, 6.45) is 0. The highest BCUT2D eigenvalue weighted by atomic mass is 16.4. The Morgan fingerprint density at radius 2 is 1.71 bits per heavy atom. The van der Waals surface area contributed by atoms with Gasteiger partial charge in [0.1, 0.15) is 0 Å². The molecule has 5 N–H and O–H groups in total. The molecule has 2 aromatic rings. The van der Waals surface area contributed by atoms with Gasteiger partial charge in [0.2, 0.25) is 5.91 Å². The fourth-order valence-corrected chi connectivity index (χ4v) is 1.88. The molecule has 0 spiro atoms. The molecule has 108 valence electrons. The number of aromatic carboxylic acids is 1. The average molecular weight is 285 g/mol. The Bertz CT molecular complexity index is 698. The average Bonchev–Trinajstić information content (AvgIpc) is 2.37. The second kappa shape index (κ2) is 5.96. The summed E-state index contributed by atoms with van der Waals surface area (Å²) in [4.78, 5) is 21.9. The van der Waals surface area contributed by atoms with Crippen LogP contribution in [-0.4, -0.2) is 17.0 Å². The van der Waals surface area contributed by atoms with Gasteiger partial charge in [-0.1, -0.05) is 6.07 Å². The highest BCUT2D eigenvalue weighted by Gasteiger charge is 2.08. The van der Waals surface area contributed by atoms with E-state index in [9.17, 15) is 9.59 Å². The van der Waals surface area contributed by atoms with E-state index in [1.165, 1.54) is 13.0 Å². The van der Waals surface area contributed by atoms with Crippen LogP contribution in [0.2, 0.25) is 0 Å². The lowest BCUT2D eigenvalue weighted by Gasteiger charge is -2.10. The van der Waals surface area contributed by atoms with Crippen molar-refractivity contribution in [2.45, 2.75) is 6.92 Å². The van der Waals surface area contributed by atoms with Crippen molar-refractivity contribution >= 4 is 34.6 Å². The first-order valence-electron chi connectivity index (χ1n) is 6.23. The molecular formula is C15H15N3O3. The fraction of sp³-hybridized carbons (Fsp3) is 0.0667. The summed E-state index contributed by atoms with van der Waals surface area (Å²) >= 11 is 0. The maximum atomic E-state index is 11.0.